The van der Waals surface area contributed by atoms with Crippen LogP contribution < -0.4 is 16.0 Å². The third-order valence-corrected chi connectivity index (χ3v) is 2.63. The highest BCUT2D eigenvalue weighted by atomic mass is 16.2. The predicted octanol–water partition coefficient (Wildman–Crippen LogP) is 0.0355. The van der Waals surface area contributed by atoms with Crippen molar-refractivity contribution in [3.63, 3.8) is 0 Å². The second kappa shape index (κ2) is 8.50. The van der Waals surface area contributed by atoms with Crippen LogP contribution in [0.1, 0.15) is 34.1 Å². The molecule has 6 heteroatoms. The fourth-order valence-corrected chi connectivity index (χ4v) is 1.30. The monoisotopic (exact) mass is 271 g/mol. The average Bonchev–Trinajstić information content (AvgIpc) is 2.34. The molecule has 0 radical (unpaired) electrons. The fraction of sp³-hybridized carbons (Fsp3) is 0.769. The van der Waals surface area contributed by atoms with E-state index in [4.69, 9.17) is 0 Å². The number of nitrogens with one attached hydrogen (secondary N) is 3. The van der Waals surface area contributed by atoms with Gasteiger partial charge in [-0.15, -0.1) is 0 Å². The summed E-state index contributed by atoms with van der Waals surface area (Å²) in [6, 6.07) is -0.391. The number of hydrogen-bond acceptors (Lipinski definition) is 3. The maximum Gasteiger partial charge on any atom is 0.222 e. The van der Waals surface area contributed by atoms with Crippen LogP contribution >= 0.6 is 0 Å². The molecule has 0 bridgehead atoms. The van der Waals surface area contributed by atoms with Crippen molar-refractivity contribution in [2.24, 2.45) is 11.8 Å². The zero-order chi connectivity index (χ0) is 15.0. The molecule has 0 spiro atoms. The lowest BCUT2D eigenvalue weighted by Gasteiger charge is -2.20. The van der Waals surface area contributed by atoms with Crippen molar-refractivity contribution < 1.29 is 14.4 Å². The molecule has 0 aliphatic rings. The summed E-state index contributed by atoms with van der Waals surface area (Å²) in [5, 5.41) is 7.99. The Morgan fingerprint density at radius 3 is 1.89 bits per heavy atom. The van der Waals surface area contributed by atoms with Crippen molar-refractivity contribution in [2.75, 3.05) is 13.6 Å². The number of amides is 3. The first-order valence-electron chi connectivity index (χ1n) is 6.56. The van der Waals surface area contributed by atoms with Crippen molar-refractivity contribution in [2.45, 2.75) is 40.2 Å². The summed E-state index contributed by atoms with van der Waals surface area (Å²) in [5.41, 5.74) is 0. The molecule has 110 valence electrons. The lowest BCUT2D eigenvalue weighted by molar-refractivity contribution is -0.127. The maximum absolute atomic E-state index is 11.6. The fourth-order valence-electron chi connectivity index (χ4n) is 1.30. The first kappa shape index (κ1) is 17.4. The Balaban J connectivity index is 4.45. The van der Waals surface area contributed by atoms with Crippen LogP contribution in [0.25, 0.3) is 0 Å². The maximum atomic E-state index is 11.6. The van der Waals surface area contributed by atoms with E-state index in [1.54, 1.807) is 27.7 Å². The Bertz CT molecular complexity index is 327. The second-order valence-electron chi connectivity index (χ2n) is 5.14. The number of hydrogen-bond donors (Lipinski definition) is 3. The molecule has 0 aromatic rings. The van der Waals surface area contributed by atoms with E-state index >= 15 is 0 Å². The molecular weight excluding hydrogens is 246 g/mol. The molecule has 0 saturated carbocycles. The highest BCUT2D eigenvalue weighted by molar-refractivity contribution is 5.81. The van der Waals surface area contributed by atoms with Gasteiger partial charge in [0, 0.05) is 31.8 Å². The molecule has 0 fully saturated rings. The van der Waals surface area contributed by atoms with E-state index in [0.717, 1.165) is 0 Å². The normalized spacial score (nSPS) is 12.2. The van der Waals surface area contributed by atoms with Gasteiger partial charge in [0.2, 0.25) is 17.7 Å². The SMILES string of the molecule is CNC(=O)CC(CNC(=O)C(C)C)NC(=O)C(C)C. The van der Waals surface area contributed by atoms with Crippen LogP contribution in [0.2, 0.25) is 0 Å². The Morgan fingerprint density at radius 1 is 0.947 bits per heavy atom. The number of rotatable bonds is 7. The number of carbonyl (C=O) groups is 3. The van der Waals surface area contributed by atoms with Crippen LogP contribution in [-0.2, 0) is 14.4 Å². The molecule has 1 atom stereocenters. The Morgan fingerprint density at radius 2 is 1.47 bits per heavy atom. The highest BCUT2D eigenvalue weighted by Crippen LogP contribution is 1.98. The highest BCUT2D eigenvalue weighted by Gasteiger charge is 2.19. The van der Waals surface area contributed by atoms with Crippen molar-refractivity contribution in [1.82, 2.24) is 16.0 Å². The molecular formula is C13H25N3O3. The zero-order valence-electron chi connectivity index (χ0n) is 12.4. The molecule has 0 aliphatic carbocycles. The summed E-state index contributed by atoms with van der Waals surface area (Å²) in [4.78, 5) is 34.5. The van der Waals surface area contributed by atoms with Gasteiger partial charge in [-0.3, -0.25) is 14.4 Å². The lowest BCUT2D eigenvalue weighted by atomic mass is 10.1. The Hall–Kier alpha value is -1.59. The van der Waals surface area contributed by atoms with Gasteiger partial charge in [-0.2, -0.15) is 0 Å². The van der Waals surface area contributed by atoms with E-state index in [-0.39, 0.29) is 42.5 Å². The van der Waals surface area contributed by atoms with Gasteiger partial charge in [0.25, 0.3) is 0 Å². The zero-order valence-corrected chi connectivity index (χ0v) is 12.4. The van der Waals surface area contributed by atoms with Crippen molar-refractivity contribution in [3.8, 4) is 0 Å². The minimum absolute atomic E-state index is 0.0966. The molecule has 6 nitrogen and oxygen atoms in total. The molecule has 0 rings (SSSR count). The second-order valence-corrected chi connectivity index (χ2v) is 5.14. The third-order valence-electron chi connectivity index (χ3n) is 2.63. The van der Waals surface area contributed by atoms with Gasteiger partial charge in [-0.25, -0.2) is 0 Å². The summed E-state index contributed by atoms with van der Waals surface area (Å²) in [6.45, 7) is 7.38. The van der Waals surface area contributed by atoms with Gasteiger partial charge in [-0.1, -0.05) is 27.7 Å². The van der Waals surface area contributed by atoms with Crippen molar-refractivity contribution in [1.29, 1.82) is 0 Å². The molecule has 0 aromatic carbocycles. The molecule has 3 N–H and O–H groups in total. The van der Waals surface area contributed by atoms with Gasteiger partial charge in [0.1, 0.15) is 0 Å². The minimum atomic E-state index is -0.391. The molecule has 0 heterocycles. The topological polar surface area (TPSA) is 87.3 Å². The molecule has 19 heavy (non-hydrogen) atoms. The van der Waals surface area contributed by atoms with E-state index in [1.807, 2.05) is 0 Å². The van der Waals surface area contributed by atoms with Gasteiger partial charge in [0.05, 0.1) is 6.04 Å². The summed E-state index contributed by atoms with van der Waals surface area (Å²) >= 11 is 0. The average molecular weight is 271 g/mol. The Kier molecular flexibility index (Phi) is 7.79. The predicted molar refractivity (Wildman–Crippen MR) is 73.3 cm³/mol. The van der Waals surface area contributed by atoms with E-state index in [2.05, 4.69) is 16.0 Å². The van der Waals surface area contributed by atoms with Gasteiger partial charge < -0.3 is 16.0 Å². The lowest BCUT2D eigenvalue weighted by Crippen LogP contribution is -2.47. The standard InChI is InChI=1S/C13H25N3O3/c1-8(2)12(18)15-7-10(6-11(17)14-5)16-13(19)9(3)4/h8-10H,6-7H2,1-5H3,(H,14,17)(H,15,18)(H,16,19). The van der Waals surface area contributed by atoms with E-state index in [0.29, 0.717) is 0 Å². The van der Waals surface area contributed by atoms with Gasteiger partial charge >= 0.3 is 0 Å². The summed E-state index contributed by atoms with van der Waals surface area (Å²) < 4.78 is 0. The van der Waals surface area contributed by atoms with E-state index < -0.39 is 6.04 Å². The number of carbonyl (C=O) groups excluding carboxylic acids is 3. The van der Waals surface area contributed by atoms with Crippen LogP contribution in [0.4, 0.5) is 0 Å². The van der Waals surface area contributed by atoms with Crippen molar-refractivity contribution >= 4 is 17.7 Å². The molecule has 0 saturated heterocycles. The molecule has 1 unspecified atom stereocenters. The third kappa shape index (κ3) is 7.43. The van der Waals surface area contributed by atoms with Crippen molar-refractivity contribution in [3.05, 3.63) is 0 Å². The van der Waals surface area contributed by atoms with Crippen LogP contribution in [0.5, 0.6) is 0 Å². The smallest absolute Gasteiger partial charge is 0.222 e. The summed E-state index contributed by atoms with van der Waals surface area (Å²) in [7, 11) is 1.54. The van der Waals surface area contributed by atoms with Crippen LogP contribution in [0, 0.1) is 11.8 Å². The first-order valence-corrected chi connectivity index (χ1v) is 6.56. The van der Waals surface area contributed by atoms with Crippen LogP contribution in [0.3, 0.4) is 0 Å². The van der Waals surface area contributed by atoms with E-state index in [9.17, 15) is 14.4 Å². The Labute approximate surface area is 114 Å². The summed E-state index contributed by atoms with van der Waals surface area (Å²) in [6.07, 6.45) is 0.146. The minimum Gasteiger partial charge on any atom is -0.359 e. The van der Waals surface area contributed by atoms with Gasteiger partial charge in [-0.05, 0) is 0 Å². The molecule has 3 amide bonds. The van der Waals surface area contributed by atoms with Crippen LogP contribution in [-0.4, -0.2) is 37.4 Å². The summed E-state index contributed by atoms with van der Waals surface area (Å²) in [5.74, 6) is -0.685. The van der Waals surface area contributed by atoms with Gasteiger partial charge in [0.15, 0.2) is 0 Å². The van der Waals surface area contributed by atoms with Crippen LogP contribution in [0.15, 0.2) is 0 Å². The quantitative estimate of drug-likeness (QED) is 0.611. The first-order chi connectivity index (χ1) is 8.77. The molecule has 0 aromatic heterocycles. The molecule has 0 aliphatic heterocycles. The van der Waals surface area contributed by atoms with E-state index in [1.165, 1.54) is 7.05 Å². The largest absolute Gasteiger partial charge is 0.359 e.